The maximum Gasteiger partial charge on any atom is 0.160 e. The third kappa shape index (κ3) is 4.51. The van der Waals surface area contributed by atoms with Gasteiger partial charge in [-0.15, -0.1) is 0 Å². The minimum absolute atomic E-state index is 0.708. The minimum Gasteiger partial charge on any atom is -0.309 e. The van der Waals surface area contributed by atoms with Gasteiger partial charge in [-0.25, -0.2) is 9.97 Å². The number of benzene rings is 8. The van der Waals surface area contributed by atoms with Crippen molar-refractivity contribution in [1.82, 2.24) is 14.5 Å². The van der Waals surface area contributed by atoms with E-state index < -0.39 is 0 Å². The molecule has 49 heavy (non-hydrogen) atoms. The maximum atomic E-state index is 5.22. The summed E-state index contributed by atoms with van der Waals surface area (Å²) in [5.41, 5.74) is 8.37. The SMILES string of the molecule is c1ccc(-c2nc(-c3cccc(-n4c5ccccc5c5ccccc54)c3)cc(-c3cccc4c3ccc3cc5ccccc5cc34)n2)cc1. The summed E-state index contributed by atoms with van der Waals surface area (Å²) >= 11 is 0. The predicted octanol–water partition coefficient (Wildman–Crippen LogP) is 12.0. The second kappa shape index (κ2) is 11.0. The number of hydrogen-bond acceptors (Lipinski definition) is 2. The number of rotatable bonds is 4. The Morgan fingerprint density at radius 3 is 1.78 bits per heavy atom. The van der Waals surface area contributed by atoms with Crippen LogP contribution in [0.15, 0.2) is 176 Å². The van der Waals surface area contributed by atoms with E-state index in [2.05, 4.69) is 162 Å². The predicted molar refractivity (Wildman–Crippen MR) is 205 cm³/mol. The molecule has 3 nitrogen and oxygen atoms in total. The Balaban J connectivity index is 1.19. The third-order valence-electron chi connectivity index (χ3n) is 9.76. The zero-order valence-corrected chi connectivity index (χ0v) is 26.6. The summed E-state index contributed by atoms with van der Waals surface area (Å²) in [5.74, 6) is 0.708. The number of fused-ring (bicyclic) bond motifs is 7. The molecule has 2 heterocycles. The van der Waals surface area contributed by atoms with E-state index in [0.29, 0.717) is 5.82 Å². The monoisotopic (exact) mass is 623 g/mol. The van der Waals surface area contributed by atoms with Gasteiger partial charge in [0.05, 0.1) is 22.4 Å². The molecule has 0 spiro atoms. The summed E-state index contributed by atoms with van der Waals surface area (Å²) in [6.45, 7) is 0. The smallest absolute Gasteiger partial charge is 0.160 e. The summed E-state index contributed by atoms with van der Waals surface area (Å²) in [7, 11) is 0. The Labute approximate surface area is 283 Å². The Morgan fingerprint density at radius 2 is 0.980 bits per heavy atom. The van der Waals surface area contributed by atoms with Crippen molar-refractivity contribution in [1.29, 1.82) is 0 Å². The molecule has 0 N–H and O–H groups in total. The lowest BCUT2D eigenvalue weighted by atomic mass is 9.94. The molecule has 0 aliphatic heterocycles. The van der Waals surface area contributed by atoms with Crippen LogP contribution in [-0.4, -0.2) is 14.5 Å². The maximum absolute atomic E-state index is 5.22. The van der Waals surface area contributed by atoms with Crippen molar-refractivity contribution in [3.05, 3.63) is 176 Å². The van der Waals surface area contributed by atoms with E-state index in [-0.39, 0.29) is 0 Å². The van der Waals surface area contributed by atoms with E-state index >= 15 is 0 Å². The first-order valence-electron chi connectivity index (χ1n) is 16.7. The third-order valence-corrected chi connectivity index (χ3v) is 9.76. The van der Waals surface area contributed by atoms with Gasteiger partial charge in [-0.2, -0.15) is 0 Å². The van der Waals surface area contributed by atoms with Gasteiger partial charge in [0.25, 0.3) is 0 Å². The van der Waals surface area contributed by atoms with Crippen LogP contribution in [0.2, 0.25) is 0 Å². The Hall–Kier alpha value is -6.58. The standard InChI is InChI=1S/C46H29N3/c1-2-12-30(13-3-1)46-47-42(34-16-10-17-35(27-34)49-44-22-8-6-18-39(44)40-19-7-9-23-45(40)49)29-43(48-46)38-21-11-20-36-37(38)25-24-33-26-31-14-4-5-15-32(31)28-41(33)36/h1-29H. The molecular formula is C46H29N3. The number of para-hydroxylation sites is 2. The molecule has 0 aliphatic carbocycles. The summed E-state index contributed by atoms with van der Waals surface area (Å²) in [4.78, 5) is 10.4. The van der Waals surface area contributed by atoms with Gasteiger partial charge in [0, 0.05) is 33.2 Å². The summed E-state index contributed by atoms with van der Waals surface area (Å²) in [6, 6.07) is 62.6. The van der Waals surface area contributed by atoms with Crippen molar-refractivity contribution in [2.75, 3.05) is 0 Å². The van der Waals surface area contributed by atoms with E-state index in [1.165, 1.54) is 54.1 Å². The summed E-state index contributed by atoms with van der Waals surface area (Å²) in [6.07, 6.45) is 0. The number of aromatic nitrogens is 3. The zero-order chi connectivity index (χ0) is 32.3. The molecule has 2 aromatic heterocycles. The van der Waals surface area contributed by atoms with Gasteiger partial charge in [-0.3, -0.25) is 0 Å². The van der Waals surface area contributed by atoms with Crippen molar-refractivity contribution in [2.45, 2.75) is 0 Å². The van der Waals surface area contributed by atoms with Crippen LogP contribution in [0.4, 0.5) is 0 Å². The molecule has 0 saturated heterocycles. The molecule has 3 heteroatoms. The van der Waals surface area contributed by atoms with Crippen LogP contribution >= 0.6 is 0 Å². The molecule has 10 aromatic rings. The molecule has 228 valence electrons. The van der Waals surface area contributed by atoms with Crippen molar-refractivity contribution in [2.24, 2.45) is 0 Å². The van der Waals surface area contributed by atoms with E-state index in [1.54, 1.807) is 0 Å². The quantitative estimate of drug-likeness (QED) is 0.144. The lowest BCUT2D eigenvalue weighted by molar-refractivity contribution is 1.16. The lowest BCUT2D eigenvalue weighted by Gasteiger charge is -2.14. The van der Waals surface area contributed by atoms with Crippen molar-refractivity contribution >= 4 is 54.1 Å². The van der Waals surface area contributed by atoms with Gasteiger partial charge in [0.15, 0.2) is 5.82 Å². The normalized spacial score (nSPS) is 11.7. The molecule has 0 aliphatic rings. The van der Waals surface area contributed by atoms with Gasteiger partial charge in [0.2, 0.25) is 0 Å². The minimum atomic E-state index is 0.708. The molecule has 0 fully saturated rings. The highest BCUT2D eigenvalue weighted by molar-refractivity contribution is 6.15. The molecule has 0 unspecified atom stereocenters. The molecule has 8 aromatic carbocycles. The highest BCUT2D eigenvalue weighted by Crippen LogP contribution is 2.37. The van der Waals surface area contributed by atoms with Crippen LogP contribution in [0, 0.1) is 0 Å². The Bertz CT molecular complexity index is 2830. The van der Waals surface area contributed by atoms with Gasteiger partial charge in [-0.1, -0.05) is 133 Å². The van der Waals surface area contributed by atoms with Gasteiger partial charge >= 0.3 is 0 Å². The number of nitrogens with zero attached hydrogens (tertiary/aromatic N) is 3. The van der Waals surface area contributed by atoms with Crippen LogP contribution < -0.4 is 0 Å². The Kier molecular flexibility index (Phi) is 6.18. The number of hydrogen-bond donors (Lipinski definition) is 0. The first-order chi connectivity index (χ1) is 24.3. The van der Waals surface area contributed by atoms with Crippen molar-refractivity contribution in [3.8, 4) is 39.6 Å². The van der Waals surface area contributed by atoms with Gasteiger partial charge in [0.1, 0.15) is 0 Å². The Morgan fingerprint density at radius 1 is 0.347 bits per heavy atom. The first kappa shape index (κ1) is 27.5. The first-order valence-corrected chi connectivity index (χ1v) is 16.7. The lowest BCUT2D eigenvalue weighted by Crippen LogP contribution is -1.98. The van der Waals surface area contributed by atoms with Crippen LogP contribution in [0.3, 0.4) is 0 Å². The van der Waals surface area contributed by atoms with Gasteiger partial charge < -0.3 is 4.57 Å². The van der Waals surface area contributed by atoms with Crippen molar-refractivity contribution < 1.29 is 0 Å². The largest absolute Gasteiger partial charge is 0.309 e. The van der Waals surface area contributed by atoms with E-state index in [9.17, 15) is 0 Å². The molecule has 0 saturated carbocycles. The van der Waals surface area contributed by atoms with E-state index in [1.807, 2.05) is 18.2 Å². The highest BCUT2D eigenvalue weighted by Gasteiger charge is 2.16. The molecular weight excluding hydrogens is 595 g/mol. The fourth-order valence-corrected chi connectivity index (χ4v) is 7.46. The van der Waals surface area contributed by atoms with Crippen molar-refractivity contribution in [3.63, 3.8) is 0 Å². The van der Waals surface area contributed by atoms with Crippen LogP contribution in [0.5, 0.6) is 0 Å². The van der Waals surface area contributed by atoms with E-state index in [0.717, 1.165) is 33.8 Å². The average molecular weight is 624 g/mol. The zero-order valence-electron chi connectivity index (χ0n) is 26.6. The van der Waals surface area contributed by atoms with E-state index in [4.69, 9.17) is 9.97 Å². The van der Waals surface area contributed by atoms with Gasteiger partial charge in [-0.05, 0) is 74.8 Å². The fourth-order valence-electron chi connectivity index (χ4n) is 7.46. The van der Waals surface area contributed by atoms with Crippen LogP contribution in [0.1, 0.15) is 0 Å². The topological polar surface area (TPSA) is 30.7 Å². The summed E-state index contributed by atoms with van der Waals surface area (Å²) < 4.78 is 2.36. The van der Waals surface area contributed by atoms with Crippen LogP contribution in [0.25, 0.3) is 93.7 Å². The highest BCUT2D eigenvalue weighted by atomic mass is 15.0. The molecule has 0 radical (unpaired) electrons. The molecule has 0 atom stereocenters. The van der Waals surface area contributed by atoms with Crippen LogP contribution in [-0.2, 0) is 0 Å². The molecule has 10 rings (SSSR count). The fraction of sp³-hybridized carbons (Fsp3) is 0. The second-order valence-corrected chi connectivity index (χ2v) is 12.6. The second-order valence-electron chi connectivity index (χ2n) is 12.6. The molecule has 0 amide bonds. The summed E-state index contributed by atoms with van der Waals surface area (Å²) in [5, 5.41) is 9.86. The molecule has 0 bridgehead atoms. The average Bonchev–Trinajstić information content (AvgIpc) is 3.51.